The molecule has 3 heterocycles. The van der Waals surface area contributed by atoms with E-state index in [1.165, 1.54) is 11.8 Å². The van der Waals surface area contributed by atoms with Gasteiger partial charge in [0.15, 0.2) is 5.16 Å². The molecule has 0 fully saturated rings. The Balaban J connectivity index is 1.92. The molecule has 0 radical (unpaired) electrons. The van der Waals surface area contributed by atoms with Gasteiger partial charge in [0.25, 0.3) is 0 Å². The van der Waals surface area contributed by atoms with E-state index in [2.05, 4.69) is 19.9 Å². The number of ether oxygens (including phenoxy) is 1. The number of furan rings is 1. The summed E-state index contributed by atoms with van der Waals surface area (Å²) in [5.41, 5.74) is 6.56. The van der Waals surface area contributed by atoms with Gasteiger partial charge in [-0.15, -0.1) is 0 Å². The molecule has 0 aliphatic heterocycles. The van der Waals surface area contributed by atoms with Crippen LogP contribution < -0.4 is 5.73 Å². The predicted molar refractivity (Wildman–Crippen MR) is 88.5 cm³/mol. The number of carbonyl (C=O) groups excluding carboxylic acids is 1. The number of aromatic nitrogens is 4. The lowest BCUT2D eigenvalue weighted by Gasteiger charge is -2.03. The summed E-state index contributed by atoms with van der Waals surface area (Å²) in [6, 6.07) is 1.74. The smallest absolute Gasteiger partial charge is 0.342 e. The van der Waals surface area contributed by atoms with E-state index in [-0.39, 0.29) is 23.7 Å². The van der Waals surface area contributed by atoms with Gasteiger partial charge in [0.05, 0.1) is 17.7 Å². The van der Waals surface area contributed by atoms with Crippen LogP contribution in [0.5, 0.6) is 0 Å². The molecule has 3 aromatic rings. The Labute approximate surface area is 141 Å². The second-order valence-electron chi connectivity index (χ2n) is 4.78. The molecule has 24 heavy (non-hydrogen) atoms. The Bertz CT molecular complexity index is 882. The third-order valence-electron chi connectivity index (χ3n) is 3.15. The summed E-state index contributed by atoms with van der Waals surface area (Å²) in [6.07, 6.45) is 3.32. The summed E-state index contributed by atoms with van der Waals surface area (Å²) in [5.74, 6) is 0.995. The predicted octanol–water partition coefficient (Wildman–Crippen LogP) is 2.37. The Hall–Kier alpha value is -2.68. The first kappa shape index (κ1) is 16.2. The van der Waals surface area contributed by atoms with E-state index in [1.807, 2.05) is 0 Å². The normalized spacial score (nSPS) is 10.9. The van der Waals surface area contributed by atoms with Crippen LogP contribution in [0.1, 0.15) is 28.9 Å². The number of nitrogens with zero attached hydrogens (tertiary/aromatic N) is 4. The van der Waals surface area contributed by atoms with Gasteiger partial charge in [-0.05, 0) is 19.9 Å². The summed E-state index contributed by atoms with van der Waals surface area (Å²) in [7, 11) is 0. The van der Waals surface area contributed by atoms with Gasteiger partial charge < -0.3 is 14.9 Å². The van der Waals surface area contributed by atoms with Gasteiger partial charge in [-0.3, -0.25) is 0 Å². The van der Waals surface area contributed by atoms with Crippen molar-refractivity contribution >= 4 is 34.6 Å². The average Bonchev–Trinajstić information content (AvgIpc) is 2.91. The SMILES string of the molecule is CCOC(=O)c1c(C)oc2nc(CSc3ncccn3)nc(N)c12. The lowest BCUT2D eigenvalue weighted by molar-refractivity contribution is 0.0526. The van der Waals surface area contributed by atoms with Gasteiger partial charge in [-0.25, -0.2) is 19.7 Å². The molecule has 0 bridgehead atoms. The Morgan fingerprint density at radius 2 is 2.08 bits per heavy atom. The van der Waals surface area contributed by atoms with E-state index in [1.54, 1.807) is 32.3 Å². The second kappa shape index (κ2) is 6.83. The largest absolute Gasteiger partial charge is 0.462 e. The fourth-order valence-corrected chi connectivity index (χ4v) is 2.84. The van der Waals surface area contributed by atoms with Gasteiger partial charge >= 0.3 is 5.97 Å². The van der Waals surface area contributed by atoms with Crippen LogP contribution in [0.25, 0.3) is 11.1 Å². The molecule has 0 aliphatic carbocycles. The number of hydrogen-bond acceptors (Lipinski definition) is 9. The number of aryl methyl sites for hydroxylation is 1. The van der Waals surface area contributed by atoms with Crippen molar-refractivity contribution in [1.29, 1.82) is 0 Å². The lowest BCUT2D eigenvalue weighted by Crippen LogP contribution is -2.07. The number of carbonyl (C=O) groups is 1. The highest BCUT2D eigenvalue weighted by Crippen LogP contribution is 2.29. The highest BCUT2D eigenvalue weighted by Gasteiger charge is 2.23. The van der Waals surface area contributed by atoms with Gasteiger partial charge in [-0.1, -0.05) is 11.8 Å². The number of nitrogens with two attached hydrogens (primary N) is 1. The molecule has 124 valence electrons. The number of fused-ring (bicyclic) bond motifs is 1. The van der Waals surface area contributed by atoms with Crippen molar-refractivity contribution in [2.45, 2.75) is 24.8 Å². The van der Waals surface area contributed by atoms with E-state index in [0.29, 0.717) is 27.9 Å². The monoisotopic (exact) mass is 345 g/mol. The van der Waals surface area contributed by atoms with Crippen molar-refractivity contribution in [3.63, 3.8) is 0 Å². The van der Waals surface area contributed by atoms with Crippen LogP contribution in [0.4, 0.5) is 5.82 Å². The maximum absolute atomic E-state index is 12.1. The van der Waals surface area contributed by atoms with Crippen LogP contribution in [0.2, 0.25) is 0 Å². The average molecular weight is 345 g/mol. The molecule has 0 saturated carbocycles. The molecular formula is C15H15N5O3S. The fourth-order valence-electron chi connectivity index (χ4n) is 2.19. The molecule has 0 unspecified atom stereocenters. The molecular weight excluding hydrogens is 330 g/mol. The van der Waals surface area contributed by atoms with Crippen LogP contribution in [-0.2, 0) is 10.5 Å². The van der Waals surface area contributed by atoms with Crippen LogP contribution in [0.15, 0.2) is 28.0 Å². The molecule has 8 nitrogen and oxygen atoms in total. The minimum absolute atomic E-state index is 0.185. The number of rotatable bonds is 5. The van der Waals surface area contributed by atoms with Crippen LogP contribution >= 0.6 is 11.8 Å². The number of nitrogen functional groups attached to an aromatic ring is 1. The van der Waals surface area contributed by atoms with Gasteiger partial charge in [0.2, 0.25) is 5.71 Å². The number of thioether (sulfide) groups is 1. The standard InChI is InChI=1S/C15H15N5O3S/c1-3-22-14(21)10-8(2)23-13-11(10)12(16)19-9(20-13)7-24-15-17-5-4-6-18-15/h4-6H,3,7H2,1-2H3,(H2,16,19,20). The topological polar surface area (TPSA) is 117 Å². The van der Waals surface area contributed by atoms with Gasteiger partial charge in [0.1, 0.15) is 23.0 Å². The molecule has 9 heteroatoms. The number of esters is 1. The maximum Gasteiger partial charge on any atom is 0.342 e. The van der Waals surface area contributed by atoms with E-state index in [9.17, 15) is 4.79 Å². The molecule has 0 aliphatic rings. The first-order valence-corrected chi connectivity index (χ1v) is 8.21. The lowest BCUT2D eigenvalue weighted by atomic mass is 10.2. The van der Waals surface area contributed by atoms with Crippen molar-refractivity contribution in [3.05, 3.63) is 35.6 Å². The van der Waals surface area contributed by atoms with Crippen molar-refractivity contribution in [3.8, 4) is 0 Å². The third-order valence-corrected chi connectivity index (χ3v) is 4.03. The molecule has 0 aromatic carbocycles. The Morgan fingerprint density at radius 3 is 2.79 bits per heavy atom. The first-order chi connectivity index (χ1) is 11.6. The fraction of sp³-hybridized carbons (Fsp3) is 0.267. The minimum atomic E-state index is -0.496. The summed E-state index contributed by atoms with van der Waals surface area (Å²) in [5, 5.41) is 0.998. The van der Waals surface area contributed by atoms with Crippen molar-refractivity contribution in [2.75, 3.05) is 12.3 Å². The van der Waals surface area contributed by atoms with Crippen LogP contribution in [-0.4, -0.2) is 32.5 Å². The molecule has 3 rings (SSSR count). The number of hydrogen-bond donors (Lipinski definition) is 1. The quantitative estimate of drug-likeness (QED) is 0.422. The Kier molecular flexibility index (Phi) is 4.61. The first-order valence-electron chi connectivity index (χ1n) is 7.22. The van der Waals surface area contributed by atoms with Crippen LogP contribution in [0.3, 0.4) is 0 Å². The second-order valence-corrected chi connectivity index (χ2v) is 5.72. The molecule has 0 atom stereocenters. The van der Waals surface area contributed by atoms with Gasteiger partial charge in [0, 0.05) is 12.4 Å². The van der Waals surface area contributed by atoms with E-state index in [0.717, 1.165) is 0 Å². The summed E-state index contributed by atoms with van der Waals surface area (Å²) >= 11 is 1.38. The maximum atomic E-state index is 12.1. The zero-order valence-corrected chi connectivity index (χ0v) is 14.0. The zero-order chi connectivity index (χ0) is 17.1. The summed E-state index contributed by atoms with van der Waals surface area (Å²) in [4.78, 5) is 28.9. The van der Waals surface area contributed by atoms with Crippen molar-refractivity contribution in [2.24, 2.45) is 0 Å². The summed E-state index contributed by atoms with van der Waals surface area (Å²) < 4.78 is 10.6. The molecule has 0 saturated heterocycles. The molecule has 0 amide bonds. The molecule has 3 aromatic heterocycles. The highest BCUT2D eigenvalue weighted by molar-refractivity contribution is 7.98. The van der Waals surface area contributed by atoms with E-state index < -0.39 is 5.97 Å². The van der Waals surface area contributed by atoms with Crippen molar-refractivity contribution in [1.82, 2.24) is 19.9 Å². The summed E-state index contributed by atoms with van der Waals surface area (Å²) in [6.45, 7) is 3.66. The minimum Gasteiger partial charge on any atom is -0.462 e. The van der Waals surface area contributed by atoms with Crippen molar-refractivity contribution < 1.29 is 13.9 Å². The Morgan fingerprint density at radius 1 is 1.33 bits per heavy atom. The van der Waals surface area contributed by atoms with Crippen LogP contribution in [0, 0.1) is 6.92 Å². The van der Waals surface area contributed by atoms with E-state index in [4.69, 9.17) is 14.9 Å². The number of anilines is 1. The van der Waals surface area contributed by atoms with E-state index >= 15 is 0 Å². The zero-order valence-electron chi connectivity index (χ0n) is 13.1. The molecule has 0 spiro atoms. The van der Waals surface area contributed by atoms with Gasteiger partial charge in [-0.2, -0.15) is 4.98 Å². The molecule has 2 N–H and O–H groups in total. The third kappa shape index (κ3) is 3.16. The highest BCUT2D eigenvalue weighted by atomic mass is 32.2.